The van der Waals surface area contributed by atoms with Crippen LogP contribution in [0, 0.1) is 0 Å². The Morgan fingerprint density at radius 2 is 2.11 bits per heavy atom. The second kappa shape index (κ2) is 7.10. The summed E-state index contributed by atoms with van der Waals surface area (Å²) in [6.45, 7) is 4.54. The molecule has 0 saturated carbocycles. The van der Waals surface area contributed by atoms with Crippen LogP contribution in [0.1, 0.15) is 18.9 Å². The van der Waals surface area contributed by atoms with Gasteiger partial charge in [-0.2, -0.15) is 0 Å². The van der Waals surface area contributed by atoms with Gasteiger partial charge in [-0.1, -0.05) is 49.4 Å². The molecular weight excluding hydrogens is 236 g/mol. The Kier molecular flexibility index (Phi) is 5.16. The van der Waals surface area contributed by atoms with Crippen LogP contribution in [0.5, 0.6) is 0 Å². The molecule has 0 spiro atoms. The van der Waals surface area contributed by atoms with Gasteiger partial charge in [0.2, 0.25) is 5.91 Å². The first-order chi connectivity index (χ1) is 9.31. The largest absolute Gasteiger partial charge is 0.341 e. The molecule has 1 aliphatic heterocycles. The number of hydrogen-bond acceptors (Lipinski definition) is 2. The lowest BCUT2D eigenvalue weighted by molar-refractivity contribution is -0.132. The minimum absolute atomic E-state index is 0.123. The van der Waals surface area contributed by atoms with Crippen LogP contribution >= 0.6 is 0 Å². The molecule has 1 aromatic rings. The van der Waals surface area contributed by atoms with Crippen molar-refractivity contribution in [2.75, 3.05) is 19.6 Å². The average molecular weight is 258 g/mol. The van der Waals surface area contributed by atoms with Gasteiger partial charge in [-0.25, -0.2) is 0 Å². The summed E-state index contributed by atoms with van der Waals surface area (Å²) in [6, 6.07) is 10.2. The van der Waals surface area contributed by atoms with Gasteiger partial charge in [-0.05, 0) is 18.4 Å². The number of hydrogen-bond donors (Lipinski definition) is 1. The third-order valence-corrected chi connectivity index (χ3v) is 3.37. The van der Waals surface area contributed by atoms with Gasteiger partial charge < -0.3 is 4.90 Å². The highest BCUT2D eigenvalue weighted by Gasteiger charge is 2.22. The van der Waals surface area contributed by atoms with E-state index in [2.05, 4.69) is 24.4 Å². The van der Waals surface area contributed by atoms with Crippen molar-refractivity contribution >= 4 is 5.91 Å². The number of nitrogens with one attached hydrogen (secondary N) is 1. The first-order valence-corrected chi connectivity index (χ1v) is 7.04. The van der Waals surface area contributed by atoms with E-state index in [1.165, 1.54) is 5.56 Å². The van der Waals surface area contributed by atoms with Gasteiger partial charge in [0.1, 0.15) is 6.04 Å². The smallest absolute Gasteiger partial charge is 0.243 e. The average Bonchev–Trinajstić information content (AvgIpc) is 2.98. The molecule has 2 rings (SSSR count). The van der Waals surface area contributed by atoms with Crippen molar-refractivity contribution in [2.45, 2.75) is 25.8 Å². The maximum atomic E-state index is 12.4. The topological polar surface area (TPSA) is 32.3 Å². The van der Waals surface area contributed by atoms with E-state index in [0.717, 1.165) is 32.5 Å². The van der Waals surface area contributed by atoms with Crippen LogP contribution in [0.25, 0.3) is 0 Å². The minimum Gasteiger partial charge on any atom is -0.341 e. The molecule has 0 radical (unpaired) electrons. The SMILES string of the molecule is CCCN(CCc1ccccc1)C(=O)C1C=CCN1. The lowest BCUT2D eigenvalue weighted by Crippen LogP contribution is -2.44. The molecule has 1 amide bonds. The zero-order valence-electron chi connectivity index (χ0n) is 11.5. The van der Waals surface area contributed by atoms with Crippen LogP contribution in [0.4, 0.5) is 0 Å². The predicted molar refractivity (Wildman–Crippen MR) is 77.9 cm³/mol. The molecule has 3 heteroatoms. The monoisotopic (exact) mass is 258 g/mol. The van der Waals surface area contributed by atoms with Crippen LogP contribution in [-0.2, 0) is 11.2 Å². The molecule has 0 bridgehead atoms. The van der Waals surface area contributed by atoms with Crippen LogP contribution in [-0.4, -0.2) is 36.5 Å². The van der Waals surface area contributed by atoms with Crippen molar-refractivity contribution in [2.24, 2.45) is 0 Å². The summed E-state index contributed by atoms with van der Waals surface area (Å²) in [6.07, 6.45) is 5.90. The van der Waals surface area contributed by atoms with Crippen molar-refractivity contribution in [1.29, 1.82) is 0 Å². The Balaban J connectivity index is 1.92. The molecule has 1 aliphatic rings. The van der Waals surface area contributed by atoms with Gasteiger partial charge in [-0.3, -0.25) is 10.1 Å². The number of carbonyl (C=O) groups excluding carboxylic acids is 1. The molecule has 1 unspecified atom stereocenters. The second-order valence-corrected chi connectivity index (χ2v) is 4.87. The normalized spacial score (nSPS) is 17.6. The predicted octanol–water partition coefficient (Wildman–Crippen LogP) is 2.00. The Bertz CT molecular complexity index is 428. The molecule has 19 heavy (non-hydrogen) atoms. The summed E-state index contributed by atoms with van der Waals surface area (Å²) in [7, 11) is 0. The van der Waals surface area contributed by atoms with Crippen molar-refractivity contribution in [3.05, 3.63) is 48.0 Å². The summed E-state index contributed by atoms with van der Waals surface area (Å²) in [5, 5.41) is 3.19. The fourth-order valence-electron chi connectivity index (χ4n) is 2.34. The Hall–Kier alpha value is -1.61. The van der Waals surface area contributed by atoms with Gasteiger partial charge in [-0.15, -0.1) is 0 Å². The van der Waals surface area contributed by atoms with Crippen LogP contribution < -0.4 is 5.32 Å². The number of amides is 1. The molecule has 0 aliphatic carbocycles. The van der Waals surface area contributed by atoms with E-state index in [1.807, 2.05) is 35.3 Å². The van der Waals surface area contributed by atoms with Gasteiger partial charge in [0, 0.05) is 19.6 Å². The Labute approximate surface area is 115 Å². The number of carbonyl (C=O) groups is 1. The molecule has 102 valence electrons. The Morgan fingerprint density at radius 1 is 1.32 bits per heavy atom. The molecule has 1 atom stereocenters. The van der Waals surface area contributed by atoms with Crippen molar-refractivity contribution in [3.8, 4) is 0 Å². The molecular formula is C16H22N2O. The van der Waals surface area contributed by atoms with Crippen molar-refractivity contribution in [3.63, 3.8) is 0 Å². The fourth-order valence-corrected chi connectivity index (χ4v) is 2.34. The van der Waals surface area contributed by atoms with E-state index >= 15 is 0 Å². The lowest BCUT2D eigenvalue weighted by Gasteiger charge is -2.25. The number of nitrogens with zero attached hydrogens (tertiary/aromatic N) is 1. The highest BCUT2D eigenvalue weighted by molar-refractivity contribution is 5.84. The van der Waals surface area contributed by atoms with E-state index in [0.29, 0.717) is 0 Å². The van der Waals surface area contributed by atoms with E-state index in [4.69, 9.17) is 0 Å². The summed E-state index contributed by atoms with van der Waals surface area (Å²) in [4.78, 5) is 14.3. The van der Waals surface area contributed by atoms with Crippen LogP contribution in [0.3, 0.4) is 0 Å². The van der Waals surface area contributed by atoms with Gasteiger partial charge in [0.05, 0.1) is 0 Å². The second-order valence-electron chi connectivity index (χ2n) is 4.87. The third kappa shape index (κ3) is 3.93. The quantitative estimate of drug-likeness (QED) is 0.792. The molecule has 3 nitrogen and oxygen atoms in total. The fraction of sp³-hybridized carbons (Fsp3) is 0.438. The van der Waals surface area contributed by atoms with E-state index < -0.39 is 0 Å². The number of rotatable bonds is 6. The number of benzene rings is 1. The maximum Gasteiger partial charge on any atom is 0.243 e. The van der Waals surface area contributed by atoms with Crippen LogP contribution in [0.2, 0.25) is 0 Å². The Morgan fingerprint density at radius 3 is 2.74 bits per heavy atom. The van der Waals surface area contributed by atoms with Gasteiger partial charge in [0.15, 0.2) is 0 Å². The minimum atomic E-state index is -0.123. The zero-order valence-corrected chi connectivity index (χ0v) is 11.5. The van der Waals surface area contributed by atoms with Crippen LogP contribution in [0.15, 0.2) is 42.5 Å². The molecule has 1 N–H and O–H groups in total. The summed E-state index contributed by atoms with van der Waals surface area (Å²) >= 11 is 0. The van der Waals surface area contributed by atoms with Crippen molar-refractivity contribution in [1.82, 2.24) is 10.2 Å². The van der Waals surface area contributed by atoms with E-state index in [-0.39, 0.29) is 11.9 Å². The molecule has 0 saturated heterocycles. The van der Waals surface area contributed by atoms with E-state index in [1.54, 1.807) is 0 Å². The lowest BCUT2D eigenvalue weighted by atomic mass is 10.1. The van der Waals surface area contributed by atoms with Gasteiger partial charge >= 0.3 is 0 Å². The standard InChI is InChI=1S/C16H22N2O/c1-2-12-18(16(19)15-9-6-11-17-15)13-10-14-7-4-3-5-8-14/h3-9,15,17H,2,10-13H2,1H3. The molecule has 0 aromatic heterocycles. The first kappa shape index (κ1) is 13.8. The first-order valence-electron chi connectivity index (χ1n) is 7.04. The summed E-state index contributed by atoms with van der Waals surface area (Å²) in [5.41, 5.74) is 1.28. The molecule has 0 fully saturated rings. The highest BCUT2D eigenvalue weighted by Crippen LogP contribution is 2.06. The molecule has 1 heterocycles. The zero-order chi connectivity index (χ0) is 13.5. The maximum absolute atomic E-state index is 12.4. The summed E-state index contributed by atoms with van der Waals surface area (Å²) in [5.74, 6) is 0.200. The highest BCUT2D eigenvalue weighted by atomic mass is 16.2. The molecule has 1 aromatic carbocycles. The van der Waals surface area contributed by atoms with E-state index in [9.17, 15) is 4.79 Å². The van der Waals surface area contributed by atoms with Crippen molar-refractivity contribution < 1.29 is 4.79 Å². The van der Waals surface area contributed by atoms with Gasteiger partial charge in [0.25, 0.3) is 0 Å². The summed E-state index contributed by atoms with van der Waals surface area (Å²) < 4.78 is 0. The third-order valence-electron chi connectivity index (χ3n) is 3.37.